The first-order chi connectivity index (χ1) is 10.3. The molecule has 0 bridgehead atoms. The van der Waals surface area contributed by atoms with Crippen molar-refractivity contribution in [3.05, 3.63) is 54.2 Å². The zero-order valence-corrected chi connectivity index (χ0v) is 11.7. The van der Waals surface area contributed by atoms with Crippen molar-refractivity contribution in [3.63, 3.8) is 0 Å². The van der Waals surface area contributed by atoms with E-state index >= 15 is 0 Å². The minimum Gasteiger partial charge on any atom is -0.494 e. The standard InChI is InChI=1S/C16H18N2O3/c19-12-13-6-4-9-15(17-13)18-16(20)10-5-11-21-14-7-2-1-3-8-14/h1-4,6-9,19H,5,10-12H2,(H,17,18,20). The Balaban J connectivity index is 1.70. The molecule has 110 valence electrons. The quantitative estimate of drug-likeness (QED) is 0.767. The Labute approximate surface area is 123 Å². The lowest BCUT2D eigenvalue weighted by Gasteiger charge is -2.07. The average Bonchev–Trinajstić information content (AvgIpc) is 2.53. The van der Waals surface area contributed by atoms with E-state index in [9.17, 15) is 4.79 Å². The van der Waals surface area contributed by atoms with Crippen LogP contribution in [0.25, 0.3) is 0 Å². The molecule has 1 aromatic heterocycles. The molecular weight excluding hydrogens is 268 g/mol. The molecule has 0 aliphatic heterocycles. The molecule has 0 saturated heterocycles. The van der Waals surface area contributed by atoms with E-state index in [-0.39, 0.29) is 12.5 Å². The molecular formula is C16H18N2O3. The predicted octanol–water partition coefficient (Wildman–Crippen LogP) is 2.37. The third-order valence-corrected chi connectivity index (χ3v) is 2.80. The second-order valence-corrected chi connectivity index (χ2v) is 4.49. The maximum atomic E-state index is 11.8. The molecule has 1 heterocycles. The fourth-order valence-corrected chi connectivity index (χ4v) is 1.78. The lowest BCUT2D eigenvalue weighted by atomic mass is 10.3. The maximum absolute atomic E-state index is 11.8. The van der Waals surface area contributed by atoms with E-state index < -0.39 is 0 Å². The van der Waals surface area contributed by atoms with Crippen LogP contribution in [-0.4, -0.2) is 22.6 Å². The van der Waals surface area contributed by atoms with Crippen LogP contribution >= 0.6 is 0 Å². The largest absolute Gasteiger partial charge is 0.494 e. The molecule has 5 heteroatoms. The zero-order chi connectivity index (χ0) is 14.9. The SMILES string of the molecule is O=C(CCCOc1ccccc1)Nc1cccc(CO)n1. The second-order valence-electron chi connectivity index (χ2n) is 4.49. The van der Waals surface area contributed by atoms with Gasteiger partial charge in [-0.25, -0.2) is 4.98 Å². The number of para-hydroxylation sites is 1. The molecule has 5 nitrogen and oxygen atoms in total. The van der Waals surface area contributed by atoms with Crippen LogP contribution in [0, 0.1) is 0 Å². The molecule has 0 fully saturated rings. The molecule has 0 unspecified atom stereocenters. The number of benzene rings is 1. The predicted molar refractivity (Wildman–Crippen MR) is 80.0 cm³/mol. The lowest BCUT2D eigenvalue weighted by Crippen LogP contribution is -2.14. The monoisotopic (exact) mass is 286 g/mol. The van der Waals surface area contributed by atoms with E-state index in [0.717, 1.165) is 5.75 Å². The number of aliphatic hydroxyl groups is 1. The van der Waals surface area contributed by atoms with E-state index in [2.05, 4.69) is 10.3 Å². The highest BCUT2D eigenvalue weighted by atomic mass is 16.5. The van der Waals surface area contributed by atoms with Gasteiger partial charge in [-0.15, -0.1) is 0 Å². The van der Waals surface area contributed by atoms with Crippen LogP contribution in [-0.2, 0) is 11.4 Å². The summed E-state index contributed by atoms with van der Waals surface area (Å²) in [5, 5.41) is 11.7. The van der Waals surface area contributed by atoms with Gasteiger partial charge in [0.05, 0.1) is 18.9 Å². The number of nitrogens with zero attached hydrogens (tertiary/aromatic N) is 1. The van der Waals surface area contributed by atoms with Crippen molar-refractivity contribution in [2.75, 3.05) is 11.9 Å². The third-order valence-electron chi connectivity index (χ3n) is 2.80. The van der Waals surface area contributed by atoms with Crippen molar-refractivity contribution < 1.29 is 14.6 Å². The van der Waals surface area contributed by atoms with Crippen LogP contribution in [0.3, 0.4) is 0 Å². The van der Waals surface area contributed by atoms with E-state index in [1.54, 1.807) is 18.2 Å². The molecule has 21 heavy (non-hydrogen) atoms. The fraction of sp³-hybridized carbons (Fsp3) is 0.250. The molecule has 0 spiro atoms. The molecule has 2 aromatic rings. The van der Waals surface area contributed by atoms with E-state index in [4.69, 9.17) is 9.84 Å². The number of carbonyl (C=O) groups excluding carboxylic acids is 1. The van der Waals surface area contributed by atoms with Gasteiger partial charge < -0.3 is 15.2 Å². The van der Waals surface area contributed by atoms with Crippen LogP contribution in [0.15, 0.2) is 48.5 Å². The number of hydrogen-bond donors (Lipinski definition) is 2. The number of aliphatic hydroxyl groups excluding tert-OH is 1. The van der Waals surface area contributed by atoms with E-state index in [0.29, 0.717) is 31.0 Å². The molecule has 0 atom stereocenters. The first-order valence-corrected chi connectivity index (χ1v) is 6.82. The first kappa shape index (κ1) is 15.0. The highest BCUT2D eigenvalue weighted by molar-refractivity contribution is 5.89. The van der Waals surface area contributed by atoms with Gasteiger partial charge >= 0.3 is 0 Å². The number of amides is 1. The van der Waals surface area contributed by atoms with Gasteiger partial charge in [0.1, 0.15) is 11.6 Å². The van der Waals surface area contributed by atoms with Crippen LogP contribution in [0.4, 0.5) is 5.82 Å². The maximum Gasteiger partial charge on any atom is 0.225 e. The van der Waals surface area contributed by atoms with E-state index in [1.807, 2.05) is 30.3 Å². The number of aromatic nitrogens is 1. The Morgan fingerprint density at radius 3 is 2.71 bits per heavy atom. The Morgan fingerprint density at radius 1 is 1.14 bits per heavy atom. The minimum atomic E-state index is -0.144. The van der Waals surface area contributed by atoms with Gasteiger partial charge in [0.25, 0.3) is 0 Å². The Kier molecular flexibility index (Phi) is 5.72. The van der Waals surface area contributed by atoms with Crippen LogP contribution < -0.4 is 10.1 Å². The van der Waals surface area contributed by atoms with Crippen LogP contribution in [0.5, 0.6) is 5.75 Å². The van der Waals surface area contributed by atoms with Crippen LogP contribution in [0.1, 0.15) is 18.5 Å². The van der Waals surface area contributed by atoms with Crippen molar-refractivity contribution in [1.82, 2.24) is 4.98 Å². The summed E-state index contributed by atoms with van der Waals surface area (Å²) in [4.78, 5) is 15.8. The van der Waals surface area contributed by atoms with Gasteiger partial charge in [0.15, 0.2) is 0 Å². The number of pyridine rings is 1. The number of hydrogen-bond acceptors (Lipinski definition) is 4. The van der Waals surface area contributed by atoms with Gasteiger partial charge in [-0.2, -0.15) is 0 Å². The minimum absolute atomic E-state index is 0.116. The second kappa shape index (κ2) is 8.01. The molecule has 1 aromatic carbocycles. The number of carbonyl (C=O) groups is 1. The Hall–Kier alpha value is -2.40. The normalized spacial score (nSPS) is 10.1. The van der Waals surface area contributed by atoms with Crippen LogP contribution in [0.2, 0.25) is 0 Å². The van der Waals surface area contributed by atoms with Crippen molar-refractivity contribution in [2.45, 2.75) is 19.4 Å². The summed E-state index contributed by atoms with van der Waals surface area (Å²) in [5.74, 6) is 1.14. The van der Waals surface area contributed by atoms with Crippen molar-refractivity contribution in [2.24, 2.45) is 0 Å². The summed E-state index contributed by atoms with van der Waals surface area (Å²) in [5.41, 5.74) is 0.528. The molecule has 0 saturated carbocycles. The summed E-state index contributed by atoms with van der Waals surface area (Å²) in [6.45, 7) is 0.343. The van der Waals surface area contributed by atoms with E-state index in [1.165, 1.54) is 0 Å². The summed E-state index contributed by atoms with van der Waals surface area (Å²) >= 11 is 0. The lowest BCUT2D eigenvalue weighted by molar-refractivity contribution is -0.116. The summed E-state index contributed by atoms with van der Waals surface area (Å²) in [6, 6.07) is 14.6. The summed E-state index contributed by atoms with van der Waals surface area (Å²) < 4.78 is 5.51. The smallest absolute Gasteiger partial charge is 0.225 e. The average molecular weight is 286 g/mol. The number of nitrogens with one attached hydrogen (secondary N) is 1. The molecule has 0 aliphatic carbocycles. The Bertz CT molecular complexity index is 573. The third kappa shape index (κ3) is 5.24. The molecule has 1 amide bonds. The Morgan fingerprint density at radius 2 is 1.95 bits per heavy atom. The number of ether oxygens (including phenoxy) is 1. The van der Waals surface area contributed by atoms with Gasteiger partial charge in [-0.1, -0.05) is 24.3 Å². The van der Waals surface area contributed by atoms with Gasteiger partial charge in [-0.3, -0.25) is 4.79 Å². The molecule has 0 aliphatic rings. The zero-order valence-electron chi connectivity index (χ0n) is 11.7. The topological polar surface area (TPSA) is 71.5 Å². The summed E-state index contributed by atoms with van der Waals surface area (Å²) in [6.07, 6.45) is 0.984. The molecule has 0 radical (unpaired) electrons. The molecule has 2 N–H and O–H groups in total. The fourth-order valence-electron chi connectivity index (χ4n) is 1.78. The first-order valence-electron chi connectivity index (χ1n) is 6.82. The van der Waals surface area contributed by atoms with Crippen molar-refractivity contribution in [1.29, 1.82) is 0 Å². The van der Waals surface area contributed by atoms with Gasteiger partial charge in [0, 0.05) is 6.42 Å². The van der Waals surface area contributed by atoms with Gasteiger partial charge in [-0.05, 0) is 30.7 Å². The number of anilines is 1. The van der Waals surface area contributed by atoms with Crippen molar-refractivity contribution in [3.8, 4) is 5.75 Å². The van der Waals surface area contributed by atoms with Crippen molar-refractivity contribution >= 4 is 11.7 Å². The highest BCUT2D eigenvalue weighted by Crippen LogP contribution is 2.09. The molecule has 2 rings (SSSR count). The number of rotatable bonds is 7. The highest BCUT2D eigenvalue weighted by Gasteiger charge is 2.04. The van der Waals surface area contributed by atoms with Gasteiger partial charge in [0.2, 0.25) is 5.91 Å². The summed E-state index contributed by atoms with van der Waals surface area (Å²) in [7, 11) is 0.